The highest BCUT2D eigenvalue weighted by Gasteiger charge is 2.48. The van der Waals surface area contributed by atoms with Crippen LogP contribution in [0, 0.1) is 0 Å². The molecular formula is C31H37N5O7. The summed E-state index contributed by atoms with van der Waals surface area (Å²) in [5.74, 6) is 0.250. The molecule has 2 aromatic carbocycles. The smallest absolute Gasteiger partial charge is 0.352 e. The fraction of sp³-hybridized carbons (Fsp3) is 0.484. The van der Waals surface area contributed by atoms with Crippen LogP contribution in [-0.2, 0) is 36.9 Å². The highest BCUT2D eigenvalue weighted by molar-refractivity contribution is 5.15. The number of azide groups is 1. The van der Waals surface area contributed by atoms with Gasteiger partial charge in [0.05, 0.1) is 44.7 Å². The Morgan fingerprint density at radius 3 is 2.16 bits per heavy atom. The number of hydrogen-bond donors (Lipinski definition) is 0. The standard InChI is InChI=1S/C31H37N5O7/c1-20-24(14-15-26(41-20)36-17-16-25(38-3)33-31(36)37)43-30-29(40-19-23-12-8-5-9-13-23)28(27(34-35-32)21(2)42-30)39-18-22-10-6-4-7-11-22/h4-13,16-17,20-21,24,26-30H,14-15,18-19H2,1-3H3/t20-,21-,24+,26-,27-,28+,29-,30-/m1/s1. The molecule has 3 heterocycles. The molecule has 0 bridgehead atoms. The molecule has 1 aromatic heterocycles. The molecule has 0 aliphatic carbocycles. The van der Waals surface area contributed by atoms with Crippen molar-refractivity contribution >= 4 is 0 Å². The zero-order valence-corrected chi connectivity index (χ0v) is 24.5. The van der Waals surface area contributed by atoms with Gasteiger partial charge in [0.2, 0.25) is 5.88 Å². The van der Waals surface area contributed by atoms with Crippen LogP contribution in [0.4, 0.5) is 0 Å². The zero-order chi connectivity index (χ0) is 30.2. The molecule has 228 valence electrons. The molecule has 8 atom stereocenters. The Balaban J connectivity index is 1.35. The molecule has 0 radical (unpaired) electrons. The van der Waals surface area contributed by atoms with E-state index in [1.165, 1.54) is 11.7 Å². The summed E-state index contributed by atoms with van der Waals surface area (Å²) >= 11 is 0. The van der Waals surface area contributed by atoms with Crippen LogP contribution in [-0.4, -0.2) is 59.5 Å². The van der Waals surface area contributed by atoms with E-state index >= 15 is 0 Å². The molecule has 0 saturated carbocycles. The maximum absolute atomic E-state index is 12.5. The molecule has 12 heteroatoms. The van der Waals surface area contributed by atoms with Crippen LogP contribution < -0.4 is 10.4 Å². The summed E-state index contributed by atoms with van der Waals surface area (Å²) in [6.45, 7) is 4.31. The van der Waals surface area contributed by atoms with Gasteiger partial charge in [0.1, 0.15) is 18.4 Å². The van der Waals surface area contributed by atoms with E-state index in [1.54, 1.807) is 12.3 Å². The van der Waals surface area contributed by atoms with Gasteiger partial charge in [-0.05, 0) is 43.3 Å². The van der Waals surface area contributed by atoms with Crippen molar-refractivity contribution in [1.82, 2.24) is 9.55 Å². The van der Waals surface area contributed by atoms with E-state index in [1.807, 2.05) is 74.5 Å². The quantitative estimate of drug-likeness (QED) is 0.174. The van der Waals surface area contributed by atoms with E-state index in [0.29, 0.717) is 19.4 Å². The van der Waals surface area contributed by atoms with Gasteiger partial charge in [-0.1, -0.05) is 65.8 Å². The van der Waals surface area contributed by atoms with Crippen molar-refractivity contribution in [2.24, 2.45) is 5.11 Å². The first-order chi connectivity index (χ1) is 21.0. The number of ether oxygens (including phenoxy) is 6. The molecule has 43 heavy (non-hydrogen) atoms. The number of rotatable bonds is 11. The normalized spacial score (nSPS) is 29.0. The van der Waals surface area contributed by atoms with Gasteiger partial charge in [-0.2, -0.15) is 4.98 Å². The molecule has 2 aliphatic heterocycles. The Hall–Kier alpha value is -3.77. The van der Waals surface area contributed by atoms with Crippen LogP contribution >= 0.6 is 0 Å². The average Bonchev–Trinajstić information content (AvgIpc) is 3.03. The van der Waals surface area contributed by atoms with Gasteiger partial charge < -0.3 is 28.4 Å². The third-order valence-electron chi connectivity index (χ3n) is 7.74. The SMILES string of the molecule is COc1ccn([C@H]2CC[C@H](O[C@H]3O[C@H](C)[C@@H](N=[N+]=[N-])[C@H](OCc4ccccc4)[C@H]3OCc3ccccc3)[C@@H](C)O2)c(=O)n1. The number of benzene rings is 2. The van der Waals surface area contributed by atoms with Crippen LogP contribution in [0.1, 0.15) is 44.0 Å². The molecule has 0 amide bonds. The van der Waals surface area contributed by atoms with Crippen LogP contribution in [0.2, 0.25) is 0 Å². The molecule has 0 unspecified atom stereocenters. The van der Waals surface area contributed by atoms with Crippen LogP contribution in [0.3, 0.4) is 0 Å². The third-order valence-corrected chi connectivity index (χ3v) is 7.74. The van der Waals surface area contributed by atoms with E-state index in [-0.39, 0.29) is 24.7 Å². The highest BCUT2D eigenvalue weighted by Crippen LogP contribution is 2.34. The van der Waals surface area contributed by atoms with Crippen molar-refractivity contribution in [3.63, 3.8) is 0 Å². The highest BCUT2D eigenvalue weighted by atomic mass is 16.7. The van der Waals surface area contributed by atoms with Crippen molar-refractivity contribution in [3.8, 4) is 5.88 Å². The fourth-order valence-corrected chi connectivity index (χ4v) is 5.45. The van der Waals surface area contributed by atoms with Crippen molar-refractivity contribution in [2.75, 3.05) is 7.11 Å². The monoisotopic (exact) mass is 591 g/mol. The largest absolute Gasteiger partial charge is 0.481 e. The van der Waals surface area contributed by atoms with Gasteiger partial charge in [0.25, 0.3) is 0 Å². The van der Waals surface area contributed by atoms with Crippen molar-refractivity contribution < 1.29 is 28.4 Å². The molecule has 0 spiro atoms. The minimum Gasteiger partial charge on any atom is -0.481 e. The molecule has 2 fully saturated rings. The Bertz CT molecular complexity index is 1420. The average molecular weight is 592 g/mol. The second kappa shape index (κ2) is 14.6. The summed E-state index contributed by atoms with van der Waals surface area (Å²) in [5.41, 5.74) is 10.9. The van der Waals surface area contributed by atoms with Gasteiger partial charge >= 0.3 is 5.69 Å². The summed E-state index contributed by atoms with van der Waals surface area (Å²) in [7, 11) is 1.46. The Labute approximate surface area is 250 Å². The minimum atomic E-state index is -0.831. The second-order valence-electron chi connectivity index (χ2n) is 10.6. The van der Waals surface area contributed by atoms with Gasteiger partial charge in [-0.3, -0.25) is 4.57 Å². The number of nitrogens with zero attached hydrogens (tertiary/aromatic N) is 5. The third kappa shape index (κ3) is 7.61. The van der Waals surface area contributed by atoms with Crippen LogP contribution in [0.5, 0.6) is 5.88 Å². The van der Waals surface area contributed by atoms with Crippen LogP contribution in [0.25, 0.3) is 10.4 Å². The second-order valence-corrected chi connectivity index (χ2v) is 10.6. The van der Waals surface area contributed by atoms with Gasteiger partial charge in [-0.25, -0.2) is 4.79 Å². The van der Waals surface area contributed by atoms with Gasteiger partial charge in [0, 0.05) is 17.2 Å². The van der Waals surface area contributed by atoms with E-state index in [0.717, 1.165) is 11.1 Å². The minimum absolute atomic E-state index is 0.250. The first-order valence-corrected chi connectivity index (χ1v) is 14.4. The Morgan fingerprint density at radius 1 is 0.930 bits per heavy atom. The first-order valence-electron chi connectivity index (χ1n) is 14.4. The summed E-state index contributed by atoms with van der Waals surface area (Å²) in [5, 5.41) is 4.05. The lowest BCUT2D eigenvalue weighted by Gasteiger charge is -2.46. The molecule has 5 rings (SSSR count). The summed E-state index contributed by atoms with van der Waals surface area (Å²) < 4.78 is 38.5. The predicted octanol–water partition coefficient (Wildman–Crippen LogP) is 4.93. The lowest BCUT2D eigenvalue weighted by Crippen LogP contribution is -2.59. The predicted molar refractivity (Wildman–Crippen MR) is 156 cm³/mol. The van der Waals surface area contributed by atoms with E-state index in [2.05, 4.69) is 15.0 Å². The molecule has 2 aliphatic rings. The van der Waals surface area contributed by atoms with Gasteiger partial charge in [0.15, 0.2) is 6.29 Å². The summed E-state index contributed by atoms with van der Waals surface area (Å²) in [4.78, 5) is 19.5. The molecule has 2 saturated heterocycles. The molecule has 0 N–H and O–H groups in total. The summed E-state index contributed by atoms with van der Waals surface area (Å²) in [6.07, 6.45) is -1.18. The maximum atomic E-state index is 12.5. The summed E-state index contributed by atoms with van der Waals surface area (Å²) in [6, 6.07) is 20.5. The lowest BCUT2D eigenvalue weighted by molar-refractivity contribution is -0.316. The van der Waals surface area contributed by atoms with Crippen molar-refractivity contribution in [2.45, 2.75) is 89.0 Å². The molecule has 3 aromatic rings. The number of methoxy groups -OCH3 is 1. The number of aromatic nitrogens is 2. The first kappa shape index (κ1) is 30.7. The topological polar surface area (TPSA) is 139 Å². The van der Waals surface area contributed by atoms with Crippen molar-refractivity contribution in [3.05, 3.63) is 105 Å². The van der Waals surface area contributed by atoms with E-state index in [4.69, 9.17) is 28.4 Å². The van der Waals surface area contributed by atoms with Crippen LogP contribution in [0.15, 0.2) is 82.8 Å². The van der Waals surface area contributed by atoms with Crippen molar-refractivity contribution in [1.29, 1.82) is 0 Å². The Morgan fingerprint density at radius 2 is 1.58 bits per heavy atom. The number of hydrogen-bond acceptors (Lipinski definition) is 9. The Kier molecular flexibility index (Phi) is 10.4. The van der Waals surface area contributed by atoms with E-state index in [9.17, 15) is 10.3 Å². The van der Waals surface area contributed by atoms with E-state index < -0.39 is 42.6 Å². The lowest BCUT2D eigenvalue weighted by atomic mass is 9.96. The maximum Gasteiger partial charge on any atom is 0.352 e. The molecule has 12 nitrogen and oxygen atoms in total. The van der Waals surface area contributed by atoms with Gasteiger partial charge in [-0.15, -0.1) is 0 Å². The zero-order valence-electron chi connectivity index (χ0n) is 24.5. The molecular weight excluding hydrogens is 554 g/mol. The fourth-order valence-electron chi connectivity index (χ4n) is 5.45.